The number of benzene rings is 1. The summed E-state index contributed by atoms with van der Waals surface area (Å²) in [5, 5.41) is 5.67. The fourth-order valence-electron chi connectivity index (χ4n) is 3.36. The Morgan fingerprint density at radius 1 is 0.968 bits per heavy atom. The molecule has 0 unspecified atom stereocenters. The van der Waals surface area contributed by atoms with Gasteiger partial charge in [0, 0.05) is 47.3 Å². The van der Waals surface area contributed by atoms with E-state index in [1.807, 2.05) is 49.4 Å². The Kier molecular flexibility index (Phi) is 6.79. The van der Waals surface area contributed by atoms with Crippen LogP contribution in [0.25, 0.3) is 10.9 Å². The molecular formula is C23H22Cl2N6. The van der Waals surface area contributed by atoms with E-state index in [9.17, 15) is 0 Å². The van der Waals surface area contributed by atoms with E-state index in [1.54, 1.807) is 18.5 Å². The maximum absolute atomic E-state index is 6.18. The highest BCUT2D eigenvalue weighted by atomic mass is 35.5. The monoisotopic (exact) mass is 452 g/mol. The summed E-state index contributed by atoms with van der Waals surface area (Å²) in [5.74, 6) is 0.611. The number of fused-ring (bicyclic) bond motifs is 1. The standard InChI is InChI=1S/C23H22Cl2N6/c1-16-13-22(25)30-23(29-16)31(15-18-5-2-3-9-26-18)12-4-10-27-20-8-11-28-21-14-17(24)6-7-19(20)21/h2-3,5-9,11,13-14H,4,10,12,15H2,1H3,(H,27,28). The van der Waals surface area contributed by atoms with Gasteiger partial charge in [-0.3, -0.25) is 9.97 Å². The first-order chi connectivity index (χ1) is 15.1. The molecule has 6 nitrogen and oxygen atoms in total. The molecule has 3 aromatic heterocycles. The first-order valence-corrected chi connectivity index (χ1v) is 10.8. The Balaban J connectivity index is 1.45. The number of aromatic nitrogens is 4. The van der Waals surface area contributed by atoms with Gasteiger partial charge in [0.25, 0.3) is 0 Å². The maximum Gasteiger partial charge on any atom is 0.227 e. The number of nitrogens with one attached hydrogen (secondary N) is 1. The number of anilines is 2. The third-order valence-electron chi connectivity index (χ3n) is 4.80. The SMILES string of the molecule is Cc1cc(Cl)nc(N(CCCNc2ccnc3cc(Cl)ccc23)Cc2ccccn2)n1. The van der Waals surface area contributed by atoms with Gasteiger partial charge in [-0.25, -0.2) is 9.97 Å². The molecule has 0 spiro atoms. The summed E-state index contributed by atoms with van der Waals surface area (Å²) >= 11 is 12.3. The zero-order valence-electron chi connectivity index (χ0n) is 17.1. The lowest BCUT2D eigenvalue weighted by molar-refractivity contribution is 0.712. The van der Waals surface area contributed by atoms with Crippen molar-refractivity contribution in [3.63, 3.8) is 0 Å². The summed E-state index contributed by atoms with van der Waals surface area (Å²) in [6.45, 7) is 4.05. The van der Waals surface area contributed by atoms with Gasteiger partial charge in [0.2, 0.25) is 5.95 Å². The Bertz CT molecular complexity index is 1150. The van der Waals surface area contributed by atoms with Crippen LogP contribution in [0, 0.1) is 6.92 Å². The van der Waals surface area contributed by atoms with Crippen molar-refractivity contribution in [3.05, 3.63) is 82.5 Å². The third kappa shape index (κ3) is 5.60. The Morgan fingerprint density at radius 2 is 1.87 bits per heavy atom. The van der Waals surface area contributed by atoms with Crippen molar-refractivity contribution in [3.8, 4) is 0 Å². The lowest BCUT2D eigenvalue weighted by atomic mass is 10.2. The van der Waals surface area contributed by atoms with Crippen LogP contribution in [0.3, 0.4) is 0 Å². The molecule has 1 N–H and O–H groups in total. The van der Waals surface area contributed by atoms with Crippen molar-refractivity contribution in [2.24, 2.45) is 0 Å². The number of hydrogen-bond acceptors (Lipinski definition) is 6. The summed E-state index contributed by atoms with van der Waals surface area (Å²) in [7, 11) is 0. The van der Waals surface area contributed by atoms with Crippen LogP contribution < -0.4 is 10.2 Å². The van der Waals surface area contributed by atoms with E-state index in [1.165, 1.54) is 0 Å². The van der Waals surface area contributed by atoms with Crippen molar-refractivity contribution in [2.75, 3.05) is 23.3 Å². The van der Waals surface area contributed by atoms with Crippen LogP contribution in [0.15, 0.2) is 60.9 Å². The quantitative estimate of drug-likeness (QED) is 0.279. The third-order valence-corrected chi connectivity index (χ3v) is 5.23. The average molecular weight is 453 g/mol. The summed E-state index contributed by atoms with van der Waals surface area (Å²) in [5.41, 5.74) is 3.69. The smallest absolute Gasteiger partial charge is 0.227 e. The van der Waals surface area contributed by atoms with Crippen molar-refractivity contribution in [1.29, 1.82) is 0 Å². The summed E-state index contributed by atoms with van der Waals surface area (Å²) < 4.78 is 0. The molecule has 0 saturated heterocycles. The van der Waals surface area contributed by atoms with Gasteiger partial charge < -0.3 is 10.2 Å². The topological polar surface area (TPSA) is 66.8 Å². The van der Waals surface area contributed by atoms with Crippen LogP contribution >= 0.6 is 23.2 Å². The molecule has 158 valence electrons. The van der Waals surface area contributed by atoms with E-state index < -0.39 is 0 Å². The van der Waals surface area contributed by atoms with Gasteiger partial charge in [0.1, 0.15) is 5.15 Å². The van der Waals surface area contributed by atoms with E-state index in [-0.39, 0.29) is 0 Å². The zero-order valence-corrected chi connectivity index (χ0v) is 18.6. The molecule has 0 atom stereocenters. The average Bonchev–Trinajstić information content (AvgIpc) is 2.75. The van der Waals surface area contributed by atoms with Gasteiger partial charge in [-0.15, -0.1) is 0 Å². The highest BCUT2D eigenvalue weighted by Crippen LogP contribution is 2.24. The zero-order chi connectivity index (χ0) is 21.6. The molecule has 3 heterocycles. The summed E-state index contributed by atoms with van der Waals surface area (Å²) in [4.78, 5) is 19.9. The number of rotatable bonds is 8. The predicted molar refractivity (Wildman–Crippen MR) is 127 cm³/mol. The molecule has 0 bridgehead atoms. The van der Waals surface area contributed by atoms with Crippen LogP contribution in [0.1, 0.15) is 17.8 Å². The van der Waals surface area contributed by atoms with Gasteiger partial charge in [0.15, 0.2) is 0 Å². The molecule has 1 aromatic carbocycles. The van der Waals surface area contributed by atoms with Crippen LogP contribution in [0.4, 0.5) is 11.6 Å². The second-order valence-corrected chi connectivity index (χ2v) is 8.00. The molecule has 0 radical (unpaired) electrons. The lowest BCUT2D eigenvalue weighted by Gasteiger charge is -2.23. The molecule has 0 amide bonds. The second-order valence-electron chi connectivity index (χ2n) is 7.17. The fourth-order valence-corrected chi connectivity index (χ4v) is 3.76. The molecule has 31 heavy (non-hydrogen) atoms. The largest absolute Gasteiger partial charge is 0.384 e. The van der Waals surface area contributed by atoms with Crippen molar-refractivity contribution in [1.82, 2.24) is 19.9 Å². The van der Waals surface area contributed by atoms with Gasteiger partial charge in [-0.1, -0.05) is 29.3 Å². The number of pyridine rings is 2. The van der Waals surface area contributed by atoms with Gasteiger partial charge in [-0.05, 0) is 55.8 Å². The van der Waals surface area contributed by atoms with Gasteiger partial charge in [0.05, 0.1) is 17.8 Å². The molecule has 8 heteroatoms. The minimum Gasteiger partial charge on any atom is -0.384 e. The molecule has 0 fully saturated rings. The molecule has 0 aliphatic carbocycles. The highest BCUT2D eigenvalue weighted by molar-refractivity contribution is 6.31. The lowest BCUT2D eigenvalue weighted by Crippen LogP contribution is -2.28. The molecule has 0 saturated carbocycles. The number of aryl methyl sites for hydroxylation is 1. The molecule has 4 aromatic rings. The van der Waals surface area contributed by atoms with E-state index in [0.717, 1.165) is 47.5 Å². The minimum absolute atomic E-state index is 0.438. The normalized spacial score (nSPS) is 10.9. The van der Waals surface area contributed by atoms with E-state index in [0.29, 0.717) is 22.7 Å². The molecule has 0 aliphatic heterocycles. The number of nitrogens with zero attached hydrogens (tertiary/aromatic N) is 5. The number of hydrogen-bond donors (Lipinski definition) is 1. The molecular weight excluding hydrogens is 431 g/mol. The van der Waals surface area contributed by atoms with E-state index >= 15 is 0 Å². The second kappa shape index (κ2) is 9.90. The van der Waals surface area contributed by atoms with Crippen LogP contribution in [0.2, 0.25) is 10.2 Å². The molecule has 4 rings (SSSR count). The van der Waals surface area contributed by atoms with E-state index in [4.69, 9.17) is 23.2 Å². The molecule has 0 aliphatic rings. The van der Waals surface area contributed by atoms with Crippen molar-refractivity contribution in [2.45, 2.75) is 19.9 Å². The van der Waals surface area contributed by atoms with Crippen LogP contribution in [-0.2, 0) is 6.54 Å². The maximum atomic E-state index is 6.18. The van der Waals surface area contributed by atoms with Gasteiger partial charge >= 0.3 is 0 Å². The first-order valence-electron chi connectivity index (χ1n) is 10.0. The van der Waals surface area contributed by atoms with Crippen molar-refractivity contribution >= 4 is 45.7 Å². The Hall–Kier alpha value is -2.96. The first kappa shape index (κ1) is 21.3. The highest BCUT2D eigenvalue weighted by Gasteiger charge is 2.13. The van der Waals surface area contributed by atoms with Crippen LogP contribution in [0.5, 0.6) is 0 Å². The van der Waals surface area contributed by atoms with Crippen molar-refractivity contribution < 1.29 is 0 Å². The Morgan fingerprint density at radius 3 is 2.68 bits per heavy atom. The summed E-state index contributed by atoms with van der Waals surface area (Å²) in [6, 6.07) is 15.4. The van der Waals surface area contributed by atoms with Gasteiger partial charge in [-0.2, -0.15) is 0 Å². The summed E-state index contributed by atoms with van der Waals surface area (Å²) in [6.07, 6.45) is 4.45. The van der Waals surface area contributed by atoms with Crippen LogP contribution in [-0.4, -0.2) is 33.0 Å². The minimum atomic E-state index is 0.438. The Labute approximate surface area is 191 Å². The predicted octanol–water partition coefficient (Wildman–Crippen LogP) is 5.54. The fraction of sp³-hybridized carbons (Fsp3) is 0.217. The number of halogens is 2. The van der Waals surface area contributed by atoms with E-state index in [2.05, 4.69) is 30.2 Å².